The lowest BCUT2D eigenvalue weighted by Gasteiger charge is -2.10. The van der Waals surface area contributed by atoms with Crippen LogP contribution >= 0.6 is 0 Å². The number of aromatic nitrogens is 2. The molecule has 0 spiro atoms. The molecular weight excluding hydrogens is 294 g/mol. The van der Waals surface area contributed by atoms with E-state index in [-0.39, 0.29) is 17.9 Å². The lowest BCUT2D eigenvalue weighted by Crippen LogP contribution is -2.05. The zero-order chi connectivity index (χ0) is 15.5. The summed E-state index contributed by atoms with van der Waals surface area (Å²) in [6.45, 7) is -2.85. The van der Waals surface area contributed by atoms with E-state index < -0.39 is 6.61 Å². The van der Waals surface area contributed by atoms with E-state index in [1.807, 2.05) is 0 Å². The fourth-order valence-electron chi connectivity index (χ4n) is 1.72. The van der Waals surface area contributed by atoms with Gasteiger partial charge in [0.05, 0.1) is 11.9 Å². The van der Waals surface area contributed by atoms with Gasteiger partial charge in [0.2, 0.25) is 0 Å². The molecule has 2 aromatic rings. The van der Waals surface area contributed by atoms with E-state index >= 15 is 0 Å². The average Bonchev–Trinajstić information content (AvgIpc) is 3.28. The lowest BCUT2D eigenvalue weighted by molar-refractivity contribution is -0.0498. The van der Waals surface area contributed by atoms with E-state index in [4.69, 9.17) is 10.5 Å². The zero-order valence-corrected chi connectivity index (χ0v) is 11.5. The number of nitrogens with one attached hydrogen (secondary N) is 1. The van der Waals surface area contributed by atoms with Crippen LogP contribution in [-0.2, 0) is 0 Å². The molecule has 1 aromatic carbocycles. The Morgan fingerprint density at radius 1 is 1.23 bits per heavy atom. The summed E-state index contributed by atoms with van der Waals surface area (Å²) in [6.07, 6.45) is 3.65. The van der Waals surface area contributed by atoms with Crippen LogP contribution in [0, 0.1) is 0 Å². The highest BCUT2D eigenvalue weighted by molar-refractivity contribution is 5.68. The fraction of sp³-hybridized carbons (Fsp3) is 0.286. The highest BCUT2D eigenvalue weighted by Gasteiger charge is 2.25. The second-order valence-electron chi connectivity index (χ2n) is 4.80. The van der Waals surface area contributed by atoms with E-state index in [0.717, 1.165) is 12.8 Å². The molecule has 3 rings (SSSR count). The molecule has 1 saturated carbocycles. The quantitative estimate of drug-likeness (QED) is 0.854. The topological polar surface area (TPSA) is 82.3 Å². The molecule has 0 bridgehead atoms. The standard InChI is InChI=1S/C14H14F2N4O2/c15-13(16)21-9-3-1-8(2-4-9)19-12-11(17)7-18-14(20-12)22-10-5-6-10/h1-4,7,10,13H,5-6,17H2,(H,18,19,20). The van der Waals surface area contributed by atoms with Gasteiger partial charge in [0.1, 0.15) is 11.9 Å². The number of benzene rings is 1. The van der Waals surface area contributed by atoms with Gasteiger partial charge >= 0.3 is 12.6 Å². The van der Waals surface area contributed by atoms with Crippen LogP contribution in [-0.4, -0.2) is 22.7 Å². The molecule has 1 fully saturated rings. The average molecular weight is 308 g/mol. The maximum Gasteiger partial charge on any atom is 0.387 e. The van der Waals surface area contributed by atoms with Crippen molar-refractivity contribution in [1.82, 2.24) is 9.97 Å². The third-order valence-electron chi connectivity index (χ3n) is 2.93. The van der Waals surface area contributed by atoms with Crippen LogP contribution in [0.2, 0.25) is 0 Å². The second-order valence-corrected chi connectivity index (χ2v) is 4.80. The molecule has 116 valence electrons. The Bertz CT molecular complexity index is 648. The van der Waals surface area contributed by atoms with Crippen LogP contribution in [0.15, 0.2) is 30.5 Å². The normalized spacial score (nSPS) is 14.0. The number of nitrogens with two attached hydrogens (primary N) is 1. The molecule has 0 saturated heterocycles. The molecule has 0 aliphatic heterocycles. The first-order valence-electron chi connectivity index (χ1n) is 6.71. The number of hydrogen-bond donors (Lipinski definition) is 2. The summed E-state index contributed by atoms with van der Waals surface area (Å²) in [7, 11) is 0. The van der Waals surface area contributed by atoms with Crippen molar-refractivity contribution in [1.29, 1.82) is 0 Å². The first-order valence-corrected chi connectivity index (χ1v) is 6.71. The van der Waals surface area contributed by atoms with Crippen LogP contribution in [0.3, 0.4) is 0 Å². The summed E-state index contributed by atoms with van der Waals surface area (Å²) < 4.78 is 34.0. The molecule has 1 aliphatic rings. The van der Waals surface area contributed by atoms with Gasteiger partial charge < -0.3 is 20.5 Å². The van der Waals surface area contributed by atoms with Gasteiger partial charge in [-0.1, -0.05) is 0 Å². The van der Waals surface area contributed by atoms with Crippen molar-refractivity contribution >= 4 is 17.2 Å². The summed E-state index contributed by atoms with van der Waals surface area (Å²) in [5.74, 6) is 0.474. The molecule has 3 N–H and O–H groups in total. The Hall–Kier alpha value is -2.64. The molecule has 0 amide bonds. The number of ether oxygens (including phenoxy) is 2. The number of alkyl halides is 2. The third kappa shape index (κ3) is 3.72. The first-order chi connectivity index (χ1) is 10.6. The van der Waals surface area contributed by atoms with Crippen LogP contribution in [0.25, 0.3) is 0 Å². The number of nitrogens with zero attached hydrogens (tertiary/aromatic N) is 2. The van der Waals surface area contributed by atoms with Gasteiger partial charge in [-0.15, -0.1) is 0 Å². The van der Waals surface area contributed by atoms with Crippen LogP contribution < -0.4 is 20.5 Å². The Labute approximate surface area is 125 Å². The molecule has 1 heterocycles. The van der Waals surface area contributed by atoms with Crippen molar-refractivity contribution in [3.8, 4) is 11.8 Å². The van der Waals surface area contributed by atoms with Crippen molar-refractivity contribution in [2.75, 3.05) is 11.1 Å². The predicted molar refractivity (Wildman–Crippen MR) is 76.5 cm³/mol. The minimum absolute atomic E-state index is 0.0777. The zero-order valence-electron chi connectivity index (χ0n) is 11.5. The summed E-state index contributed by atoms with van der Waals surface area (Å²) in [4.78, 5) is 8.20. The van der Waals surface area contributed by atoms with E-state index in [1.54, 1.807) is 12.1 Å². The molecule has 1 aromatic heterocycles. The van der Waals surface area contributed by atoms with Crippen molar-refractivity contribution in [3.63, 3.8) is 0 Å². The predicted octanol–water partition coefficient (Wildman–Crippen LogP) is 2.95. The summed E-state index contributed by atoms with van der Waals surface area (Å²) in [5.41, 5.74) is 6.80. The van der Waals surface area contributed by atoms with Gasteiger partial charge in [0.15, 0.2) is 5.82 Å². The Kier molecular flexibility index (Phi) is 3.90. The van der Waals surface area contributed by atoms with Gasteiger partial charge in [-0.3, -0.25) is 0 Å². The molecule has 1 aliphatic carbocycles. The Morgan fingerprint density at radius 2 is 1.95 bits per heavy atom. The summed E-state index contributed by atoms with van der Waals surface area (Å²) in [5, 5.41) is 2.99. The van der Waals surface area contributed by atoms with Crippen LogP contribution in [0.1, 0.15) is 12.8 Å². The molecule has 0 radical (unpaired) electrons. The number of nitrogen functional groups attached to an aromatic ring is 1. The van der Waals surface area contributed by atoms with E-state index in [9.17, 15) is 8.78 Å². The monoisotopic (exact) mass is 308 g/mol. The minimum atomic E-state index is -2.85. The largest absolute Gasteiger partial charge is 0.460 e. The van der Waals surface area contributed by atoms with Gasteiger partial charge in [-0.05, 0) is 37.1 Å². The maximum atomic E-state index is 12.1. The molecule has 0 unspecified atom stereocenters. The van der Waals surface area contributed by atoms with Crippen molar-refractivity contribution in [2.24, 2.45) is 0 Å². The molecular formula is C14H14F2N4O2. The van der Waals surface area contributed by atoms with Gasteiger partial charge in [0.25, 0.3) is 0 Å². The van der Waals surface area contributed by atoms with Crippen molar-refractivity contribution in [2.45, 2.75) is 25.6 Å². The molecule has 6 nitrogen and oxygen atoms in total. The van der Waals surface area contributed by atoms with E-state index in [0.29, 0.717) is 17.2 Å². The molecule has 0 atom stereocenters. The van der Waals surface area contributed by atoms with Gasteiger partial charge in [0, 0.05) is 5.69 Å². The fourth-order valence-corrected chi connectivity index (χ4v) is 1.72. The van der Waals surface area contributed by atoms with E-state index in [1.165, 1.54) is 18.3 Å². The van der Waals surface area contributed by atoms with Crippen LogP contribution in [0.4, 0.5) is 26.0 Å². The second kappa shape index (κ2) is 6.00. The lowest BCUT2D eigenvalue weighted by atomic mass is 10.3. The summed E-state index contributed by atoms with van der Waals surface area (Å²) in [6, 6.07) is 6.28. The number of anilines is 3. The highest BCUT2D eigenvalue weighted by Crippen LogP contribution is 2.28. The maximum absolute atomic E-state index is 12.1. The smallest absolute Gasteiger partial charge is 0.387 e. The number of rotatable bonds is 6. The first kappa shape index (κ1) is 14.3. The minimum Gasteiger partial charge on any atom is -0.460 e. The van der Waals surface area contributed by atoms with Crippen LogP contribution in [0.5, 0.6) is 11.8 Å². The Morgan fingerprint density at radius 3 is 2.59 bits per heavy atom. The Balaban J connectivity index is 1.71. The summed E-state index contributed by atoms with van der Waals surface area (Å²) >= 11 is 0. The van der Waals surface area contributed by atoms with Crippen molar-refractivity contribution in [3.05, 3.63) is 30.5 Å². The van der Waals surface area contributed by atoms with Crippen molar-refractivity contribution < 1.29 is 18.3 Å². The SMILES string of the molecule is Nc1cnc(OC2CC2)nc1Nc1ccc(OC(F)F)cc1. The van der Waals surface area contributed by atoms with Gasteiger partial charge in [-0.25, -0.2) is 4.98 Å². The third-order valence-corrected chi connectivity index (χ3v) is 2.93. The molecule has 22 heavy (non-hydrogen) atoms. The van der Waals surface area contributed by atoms with Gasteiger partial charge in [-0.2, -0.15) is 13.8 Å². The number of hydrogen-bond acceptors (Lipinski definition) is 6. The van der Waals surface area contributed by atoms with E-state index in [2.05, 4.69) is 20.0 Å². The highest BCUT2D eigenvalue weighted by atomic mass is 19.3. The molecule has 8 heteroatoms. The number of halogens is 2.